The molecule has 3 unspecified atom stereocenters. The van der Waals surface area contributed by atoms with E-state index >= 15 is 0 Å². The van der Waals surface area contributed by atoms with Crippen molar-refractivity contribution in [2.24, 2.45) is 0 Å². The maximum atomic E-state index is 13.2. The Bertz CT molecular complexity index is 1540. The lowest BCUT2D eigenvalue weighted by Gasteiger charge is -2.61. The standard InChI is InChI=1S/C29H31NO16/c1-30-7-6-28-22-12-2-3-13(31)23(22)46-24(28)15(4-5-29(28,42)18(30)8-12)43-21(36)11-17(44-20(35)9-14(32)25(37)38)27(41)45-16(26(39)40)10-19(33)34/h2-4,14,16-18,24,31-32,42H,5-11H2,1H3,(H,33,34)(H,37,38)(H,39,40)/t14?,16?,17?,18-,24+,28+,29-/m1/s1. The molecule has 6 N–H and O–H groups in total. The van der Waals surface area contributed by atoms with Crippen LogP contribution in [-0.2, 0) is 54.8 Å². The monoisotopic (exact) mass is 649 g/mol. The topological polar surface area (TPSA) is 264 Å². The molecule has 2 bridgehead atoms. The third-order valence-corrected chi connectivity index (χ3v) is 9.01. The number of hydrogen-bond acceptors (Lipinski definition) is 14. The summed E-state index contributed by atoms with van der Waals surface area (Å²) in [5, 5.41) is 59.4. The number of aliphatic hydroxyl groups excluding tert-OH is 1. The molecule has 1 fully saturated rings. The first-order chi connectivity index (χ1) is 21.6. The first-order valence-electron chi connectivity index (χ1n) is 14.2. The van der Waals surface area contributed by atoms with Crippen molar-refractivity contribution in [2.45, 2.75) is 80.0 Å². The lowest BCUT2D eigenvalue weighted by molar-refractivity contribution is -0.182. The summed E-state index contributed by atoms with van der Waals surface area (Å²) in [6, 6.07) is 2.88. The van der Waals surface area contributed by atoms with Crippen LogP contribution in [0.2, 0.25) is 0 Å². The number of nitrogens with zero attached hydrogens (tertiary/aromatic N) is 1. The van der Waals surface area contributed by atoms with Crippen LogP contribution in [0.4, 0.5) is 0 Å². The molecule has 0 aromatic heterocycles. The second kappa shape index (κ2) is 11.9. The Balaban J connectivity index is 1.40. The van der Waals surface area contributed by atoms with Crippen molar-refractivity contribution in [3.8, 4) is 11.5 Å². The van der Waals surface area contributed by atoms with Crippen LogP contribution in [0.15, 0.2) is 24.0 Å². The highest BCUT2D eigenvalue weighted by Gasteiger charge is 2.72. The molecule has 17 nitrogen and oxygen atoms in total. The zero-order valence-electron chi connectivity index (χ0n) is 24.3. The lowest BCUT2D eigenvalue weighted by Crippen LogP contribution is -2.74. The van der Waals surface area contributed by atoms with E-state index in [1.165, 1.54) is 12.1 Å². The van der Waals surface area contributed by atoms with Crippen molar-refractivity contribution >= 4 is 35.8 Å². The van der Waals surface area contributed by atoms with Crippen molar-refractivity contribution in [3.63, 3.8) is 0 Å². The van der Waals surface area contributed by atoms with Crippen LogP contribution in [0, 0.1) is 0 Å². The fourth-order valence-corrected chi connectivity index (χ4v) is 6.94. The Hall–Kier alpha value is -4.74. The highest BCUT2D eigenvalue weighted by molar-refractivity contribution is 5.88. The Kier molecular flexibility index (Phi) is 8.43. The fraction of sp³-hybridized carbons (Fsp3) is 0.517. The number of carbonyl (C=O) groups is 6. The number of benzene rings is 1. The van der Waals surface area contributed by atoms with Crippen molar-refractivity contribution in [2.75, 3.05) is 13.6 Å². The first kappa shape index (κ1) is 32.6. The maximum Gasteiger partial charge on any atom is 0.348 e. The van der Waals surface area contributed by atoms with E-state index in [0.717, 1.165) is 5.56 Å². The summed E-state index contributed by atoms with van der Waals surface area (Å²) in [6.07, 6.45) is -8.96. The number of carboxylic acids is 3. The first-order valence-corrected chi connectivity index (χ1v) is 14.2. The molecule has 1 spiro atoms. The van der Waals surface area contributed by atoms with Crippen molar-refractivity contribution < 1.29 is 78.4 Å². The molecule has 7 atom stereocenters. The number of aromatic hydroxyl groups is 1. The molecule has 0 amide bonds. The quantitative estimate of drug-likeness (QED) is 0.115. The van der Waals surface area contributed by atoms with Crippen LogP contribution in [0.3, 0.4) is 0 Å². The molecule has 1 aromatic rings. The molecule has 17 heteroatoms. The van der Waals surface area contributed by atoms with Crippen LogP contribution in [-0.4, -0.2) is 121 Å². The summed E-state index contributed by atoms with van der Waals surface area (Å²) < 4.78 is 21.3. The Labute approximate surface area is 259 Å². The molecule has 46 heavy (non-hydrogen) atoms. The van der Waals surface area contributed by atoms with E-state index in [0.29, 0.717) is 24.9 Å². The van der Waals surface area contributed by atoms with Crippen LogP contribution in [0.5, 0.6) is 11.5 Å². The third kappa shape index (κ3) is 5.39. The number of rotatable bonds is 12. The van der Waals surface area contributed by atoms with Gasteiger partial charge in [-0.15, -0.1) is 0 Å². The summed E-state index contributed by atoms with van der Waals surface area (Å²) in [7, 11) is 1.88. The van der Waals surface area contributed by atoms with Crippen LogP contribution >= 0.6 is 0 Å². The zero-order valence-corrected chi connectivity index (χ0v) is 24.3. The minimum Gasteiger partial charge on any atom is -0.504 e. The minimum absolute atomic E-state index is 0.0159. The van der Waals surface area contributed by atoms with Gasteiger partial charge >= 0.3 is 35.8 Å². The lowest BCUT2D eigenvalue weighted by atomic mass is 9.50. The van der Waals surface area contributed by atoms with Gasteiger partial charge in [0.05, 0.1) is 30.3 Å². The molecular weight excluding hydrogens is 618 g/mol. The highest BCUT2D eigenvalue weighted by Crippen LogP contribution is 2.65. The summed E-state index contributed by atoms with van der Waals surface area (Å²) in [5.74, 6) is -9.77. The van der Waals surface area contributed by atoms with Gasteiger partial charge in [-0.1, -0.05) is 6.07 Å². The van der Waals surface area contributed by atoms with Gasteiger partial charge in [-0.3, -0.25) is 14.4 Å². The number of aliphatic hydroxyl groups is 2. The Morgan fingerprint density at radius 2 is 1.72 bits per heavy atom. The number of likely N-dealkylation sites (N-methyl/N-ethyl adjacent to an activating group) is 1. The van der Waals surface area contributed by atoms with E-state index in [-0.39, 0.29) is 29.7 Å². The predicted octanol–water partition coefficient (Wildman–Crippen LogP) is -1.18. The number of phenols is 1. The number of likely N-dealkylation sites (tertiary alicyclic amines) is 1. The largest absolute Gasteiger partial charge is 0.504 e. The van der Waals surface area contributed by atoms with Gasteiger partial charge < -0.3 is 54.5 Å². The maximum absolute atomic E-state index is 13.2. The summed E-state index contributed by atoms with van der Waals surface area (Å²) in [4.78, 5) is 73.8. The number of hydrogen-bond donors (Lipinski definition) is 6. The zero-order chi connectivity index (χ0) is 33.7. The average Bonchev–Trinajstić information content (AvgIpc) is 3.33. The van der Waals surface area contributed by atoms with Gasteiger partial charge in [-0.05, 0) is 44.1 Å². The van der Waals surface area contributed by atoms with Gasteiger partial charge in [0.1, 0.15) is 5.76 Å². The number of esters is 3. The van der Waals surface area contributed by atoms with Gasteiger partial charge in [-0.2, -0.15) is 0 Å². The number of carboxylic acid groups (broad SMARTS) is 3. The molecule has 4 aliphatic rings. The van der Waals surface area contributed by atoms with Gasteiger partial charge in [0.25, 0.3) is 0 Å². The van der Waals surface area contributed by atoms with Crippen LogP contribution in [0.1, 0.15) is 43.2 Å². The molecule has 2 aliphatic heterocycles. The van der Waals surface area contributed by atoms with E-state index < -0.39 is 90.5 Å². The molecule has 2 heterocycles. The summed E-state index contributed by atoms with van der Waals surface area (Å²) in [5.41, 5.74) is -1.05. The molecular formula is C29H31NO16. The van der Waals surface area contributed by atoms with E-state index in [1.54, 1.807) is 6.07 Å². The third-order valence-electron chi connectivity index (χ3n) is 9.01. The fourth-order valence-electron chi connectivity index (χ4n) is 6.94. The number of carbonyl (C=O) groups excluding carboxylic acids is 3. The number of phenolic OH excluding ortho intramolecular Hbond substituents is 1. The average molecular weight is 650 g/mol. The Morgan fingerprint density at radius 1 is 1.00 bits per heavy atom. The Morgan fingerprint density at radius 3 is 2.37 bits per heavy atom. The van der Waals surface area contributed by atoms with Gasteiger partial charge in [0, 0.05) is 18.0 Å². The van der Waals surface area contributed by atoms with E-state index in [4.69, 9.17) is 24.4 Å². The molecule has 1 aromatic carbocycles. The minimum atomic E-state index is -2.24. The molecule has 5 rings (SSSR count). The number of ether oxygens (including phenoxy) is 4. The number of piperidine rings is 1. The molecule has 1 saturated heterocycles. The number of aliphatic carboxylic acids is 3. The second-order valence-electron chi connectivity index (χ2n) is 11.7. The van der Waals surface area contributed by atoms with Crippen molar-refractivity contribution in [1.82, 2.24) is 4.90 Å². The van der Waals surface area contributed by atoms with Crippen molar-refractivity contribution in [3.05, 3.63) is 35.1 Å². The van der Waals surface area contributed by atoms with Gasteiger partial charge in [-0.25, -0.2) is 14.4 Å². The van der Waals surface area contributed by atoms with E-state index in [1.807, 2.05) is 11.9 Å². The predicted molar refractivity (Wildman–Crippen MR) is 145 cm³/mol. The van der Waals surface area contributed by atoms with Crippen LogP contribution in [0.25, 0.3) is 0 Å². The highest BCUT2D eigenvalue weighted by atomic mass is 16.6. The summed E-state index contributed by atoms with van der Waals surface area (Å²) >= 11 is 0. The van der Waals surface area contributed by atoms with Gasteiger partial charge in [0.2, 0.25) is 12.2 Å². The van der Waals surface area contributed by atoms with E-state index in [2.05, 4.69) is 4.74 Å². The molecule has 248 valence electrons. The normalized spacial score (nSPS) is 27.5. The molecule has 0 radical (unpaired) electrons. The van der Waals surface area contributed by atoms with Crippen molar-refractivity contribution in [1.29, 1.82) is 0 Å². The smallest absolute Gasteiger partial charge is 0.348 e. The molecule has 0 saturated carbocycles. The molecule has 2 aliphatic carbocycles. The summed E-state index contributed by atoms with van der Waals surface area (Å²) in [6.45, 7) is 0.537. The van der Waals surface area contributed by atoms with Gasteiger partial charge in [0.15, 0.2) is 23.7 Å². The van der Waals surface area contributed by atoms with E-state index in [9.17, 15) is 49.2 Å². The van der Waals surface area contributed by atoms with Crippen LogP contribution < -0.4 is 4.74 Å². The second-order valence-corrected chi connectivity index (χ2v) is 11.7. The SMILES string of the molecule is CN1CC[C@]23c4c5ccc(O)c4O[C@H]2C(OC(=O)CC(OC(=O)CC(O)C(=O)O)C(=O)OC(CC(=O)O)C(=O)O)=CC[C@@]3(O)[C@H]1C5.